The molecule has 1 unspecified atom stereocenters. The molecule has 0 bridgehead atoms. The van der Waals surface area contributed by atoms with Crippen LogP contribution in [0.3, 0.4) is 0 Å². The van der Waals surface area contributed by atoms with Gasteiger partial charge in [-0.05, 0) is 48.5 Å². The van der Waals surface area contributed by atoms with Gasteiger partial charge in [0.1, 0.15) is 0 Å². The molecule has 1 atom stereocenters. The molecule has 3 N–H and O–H groups in total. The fourth-order valence-electron chi connectivity index (χ4n) is 1.89. The van der Waals surface area contributed by atoms with Crippen molar-refractivity contribution in [3.8, 4) is 0 Å². The largest absolute Gasteiger partial charge is 0.399 e. The van der Waals surface area contributed by atoms with Crippen LogP contribution in [-0.4, -0.2) is 24.5 Å². The van der Waals surface area contributed by atoms with E-state index in [1.54, 1.807) is 0 Å². The Morgan fingerprint density at radius 3 is 2.63 bits per heavy atom. The van der Waals surface area contributed by atoms with E-state index in [2.05, 4.69) is 18.5 Å². The van der Waals surface area contributed by atoms with Crippen molar-refractivity contribution in [2.24, 2.45) is 0 Å². The molecule has 0 spiro atoms. The number of hydrogen-bond donors (Lipinski definition) is 2. The molecule has 0 aromatic heterocycles. The van der Waals surface area contributed by atoms with Gasteiger partial charge < -0.3 is 11.1 Å². The topological polar surface area (TPSA) is 55.1 Å². The molecular weight excluding hydrogens is 256 g/mol. The van der Waals surface area contributed by atoms with Gasteiger partial charge in [-0.25, -0.2) is 0 Å². The predicted octanol–water partition coefficient (Wildman–Crippen LogP) is 3.02. The van der Waals surface area contributed by atoms with Gasteiger partial charge in [-0.15, -0.1) is 0 Å². The lowest BCUT2D eigenvalue weighted by Crippen LogP contribution is -2.25. The minimum Gasteiger partial charge on any atom is -0.399 e. The maximum atomic E-state index is 11.8. The lowest BCUT2D eigenvalue weighted by atomic mass is 9.97. The number of nitrogens with two attached hydrogens (primary N) is 1. The fourth-order valence-corrected chi connectivity index (χ4v) is 2.38. The third-order valence-corrected chi connectivity index (χ3v) is 3.79. The van der Waals surface area contributed by atoms with E-state index < -0.39 is 0 Å². The van der Waals surface area contributed by atoms with Gasteiger partial charge in [0.2, 0.25) is 5.91 Å². The van der Waals surface area contributed by atoms with Crippen molar-refractivity contribution in [3.05, 3.63) is 29.8 Å². The summed E-state index contributed by atoms with van der Waals surface area (Å²) in [6.07, 6.45) is 4.86. The molecule has 1 aromatic carbocycles. The number of unbranched alkanes of at least 4 members (excludes halogenated alkanes) is 1. The van der Waals surface area contributed by atoms with Crippen LogP contribution >= 0.6 is 11.8 Å². The van der Waals surface area contributed by atoms with E-state index in [1.165, 1.54) is 0 Å². The summed E-state index contributed by atoms with van der Waals surface area (Å²) in [6.45, 7) is 2.85. The van der Waals surface area contributed by atoms with Crippen LogP contribution in [0, 0.1) is 0 Å². The van der Waals surface area contributed by atoms with E-state index in [1.807, 2.05) is 36.0 Å². The summed E-state index contributed by atoms with van der Waals surface area (Å²) in [5, 5.41) is 2.98. The average Bonchev–Trinajstić information content (AvgIpc) is 2.39. The highest BCUT2D eigenvalue weighted by atomic mass is 32.2. The monoisotopic (exact) mass is 280 g/mol. The zero-order chi connectivity index (χ0) is 14.1. The van der Waals surface area contributed by atoms with Crippen LogP contribution in [0.25, 0.3) is 0 Å². The highest BCUT2D eigenvalue weighted by molar-refractivity contribution is 7.98. The molecule has 4 heteroatoms. The third kappa shape index (κ3) is 6.53. The number of benzene rings is 1. The first-order valence-electron chi connectivity index (χ1n) is 6.74. The number of carbonyl (C=O) groups excluding carboxylic acids is 1. The first-order chi connectivity index (χ1) is 9.13. The molecule has 0 aliphatic rings. The summed E-state index contributed by atoms with van der Waals surface area (Å²) >= 11 is 1.85. The standard InChI is InChI=1S/C15H24N2OS/c1-12(13-5-7-14(16)8-6-13)11-15(18)17-9-3-4-10-19-2/h5-8,12H,3-4,9-11,16H2,1-2H3,(H,17,18). The molecule has 19 heavy (non-hydrogen) atoms. The van der Waals surface area contributed by atoms with Crippen molar-refractivity contribution in [2.75, 3.05) is 24.3 Å². The van der Waals surface area contributed by atoms with Gasteiger partial charge in [-0.2, -0.15) is 11.8 Å². The van der Waals surface area contributed by atoms with Gasteiger partial charge in [0.25, 0.3) is 0 Å². The molecule has 106 valence electrons. The molecule has 0 aliphatic heterocycles. The SMILES string of the molecule is CSCCCCNC(=O)CC(C)c1ccc(N)cc1. The summed E-state index contributed by atoms with van der Waals surface area (Å²) in [6, 6.07) is 7.75. The van der Waals surface area contributed by atoms with Crippen molar-refractivity contribution >= 4 is 23.4 Å². The lowest BCUT2D eigenvalue weighted by molar-refractivity contribution is -0.121. The Morgan fingerprint density at radius 1 is 1.32 bits per heavy atom. The van der Waals surface area contributed by atoms with Gasteiger partial charge in [0.15, 0.2) is 0 Å². The minimum absolute atomic E-state index is 0.133. The van der Waals surface area contributed by atoms with Crippen LogP contribution in [0.4, 0.5) is 5.69 Å². The molecule has 0 fully saturated rings. The zero-order valence-electron chi connectivity index (χ0n) is 11.8. The average molecular weight is 280 g/mol. The highest BCUT2D eigenvalue weighted by Gasteiger charge is 2.10. The molecule has 1 rings (SSSR count). The van der Waals surface area contributed by atoms with Crippen LogP contribution < -0.4 is 11.1 Å². The molecule has 1 aromatic rings. The van der Waals surface area contributed by atoms with Crippen molar-refractivity contribution in [1.82, 2.24) is 5.32 Å². The first-order valence-corrected chi connectivity index (χ1v) is 8.14. The molecule has 3 nitrogen and oxygen atoms in total. The zero-order valence-corrected chi connectivity index (χ0v) is 12.6. The van der Waals surface area contributed by atoms with Crippen molar-refractivity contribution in [1.29, 1.82) is 0 Å². The molecule has 0 heterocycles. The van der Waals surface area contributed by atoms with E-state index >= 15 is 0 Å². The summed E-state index contributed by atoms with van der Waals surface area (Å²) in [7, 11) is 0. The van der Waals surface area contributed by atoms with Gasteiger partial charge >= 0.3 is 0 Å². The molecule has 0 radical (unpaired) electrons. The second-order valence-electron chi connectivity index (χ2n) is 4.82. The number of anilines is 1. The molecular formula is C15H24N2OS. The Morgan fingerprint density at radius 2 is 2.00 bits per heavy atom. The molecule has 1 amide bonds. The predicted molar refractivity (Wildman–Crippen MR) is 84.5 cm³/mol. The minimum atomic E-state index is 0.133. The normalized spacial score (nSPS) is 12.1. The Balaban J connectivity index is 2.26. The third-order valence-electron chi connectivity index (χ3n) is 3.09. The Labute approximate surface area is 120 Å². The summed E-state index contributed by atoms with van der Waals surface area (Å²) in [5.74, 6) is 1.53. The van der Waals surface area contributed by atoms with E-state index in [4.69, 9.17) is 5.73 Å². The maximum Gasteiger partial charge on any atom is 0.220 e. The number of rotatable bonds is 8. The highest BCUT2D eigenvalue weighted by Crippen LogP contribution is 2.19. The van der Waals surface area contributed by atoms with Gasteiger partial charge in [0.05, 0.1) is 0 Å². The number of nitrogens with one attached hydrogen (secondary N) is 1. The number of amides is 1. The lowest BCUT2D eigenvalue weighted by Gasteiger charge is -2.12. The summed E-state index contributed by atoms with van der Waals surface area (Å²) < 4.78 is 0. The maximum absolute atomic E-state index is 11.8. The quantitative estimate of drug-likeness (QED) is 0.568. The second-order valence-corrected chi connectivity index (χ2v) is 5.81. The Hall–Kier alpha value is -1.16. The van der Waals surface area contributed by atoms with Gasteiger partial charge in [-0.3, -0.25) is 4.79 Å². The number of carbonyl (C=O) groups is 1. The van der Waals surface area contributed by atoms with Gasteiger partial charge in [-0.1, -0.05) is 19.1 Å². The van der Waals surface area contributed by atoms with Crippen molar-refractivity contribution in [2.45, 2.75) is 32.1 Å². The van der Waals surface area contributed by atoms with E-state index in [9.17, 15) is 4.79 Å². The van der Waals surface area contributed by atoms with Crippen molar-refractivity contribution in [3.63, 3.8) is 0 Å². The molecule has 0 saturated carbocycles. The molecule has 0 aliphatic carbocycles. The van der Waals surface area contributed by atoms with Crippen LogP contribution in [0.15, 0.2) is 24.3 Å². The fraction of sp³-hybridized carbons (Fsp3) is 0.533. The Bertz CT molecular complexity index is 378. The Kier molecular flexibility index (Phi) is 7.41. The van der Waals surface area contributed by atoms with E-state index in [0.29, 0.717) is 6.42 Å². The van der Waals surface area contributed by atoms with Crippen LogP contribution in [0.2, 0.25) is 0 Å². The van der Waals surface area contributed by atoms with E-state index in [-0.39, 0.29) is 11.8 Å². The van der Waals surface area contributed by atoms with Gasteiger partial charge in [0, 0.05) is 18.7 Å². The summed E-state index contributed by atoms with van der Waals surface area (Å²) in [4.78, 5) is 11.8. The van der Waals surface area contributed by atoms with E-state index in [0.717, 1.165) is 36.4 Å². The number of nitrogen functional groups attached to an aromatic ring is 1. The van der Waals surface area contributed by atoms with Crippen molar-refractivity contribution < 1.29 is 4.79 Å². The first kappa shape index (κ1) is 15.9. The van der Waals surface area contributed by atoms with Crippen LogP contribution in [0.1, 0.15) is 37.7 Å². The summed E-state index contributed by atoms with van der Waals surface area (Å²) in [5.41, 5.74) is 7.57. The number of thioether (sulfide) groups is 1. The molecule has 0 saturated heterocycles. The second kappa shape index (κ2) is 8.86. The van der Waals surface area contributed by atoms with Crippen LogP contribution in [0.5, 0.6) is 0 Å². The smallest absolute Gasteiger partial charge is 0.220 e. The van der Waals surface area contributed by atoms with Crippen LogP contribution in [-0.2, 0) is 4.79 Å². The number of hydrogen-bond acceptors (Lipinski definition) is 3.